The van der Waals surface area contributed by atoms with Crippen molar-refractivity contribution in [1.82, 2.24) is 4.98 Å². The fourth-order valence-electron chi connectivity index (χ4n) is 4.01. The molecule has 0 saturated carbocycles. The minimum Gasteiger partial charge on any atom is -0.493 e. The largest absolute Gasteiger partial charge is 0.493 e. The van der Waals surface area contributed by atoms with Crippen LogP contribution >= 0.6 is 11.3 Å². The van der Waals surface area contributed by atoms with Crippen molar-refractivity contribution >= 4 is 23.3 Å². The number of thiazole rings is 1. The van der Waals surface area contributed by atoms with Crippen molar-refractivity contribution in [2.24, 2.45) is 0 Å². The average Bonchev–Trinajstić information content (AvgIpc) is 3.33. The standard InChI is InChI=1S/C28H33NO7S/c1-3-6-20-15-21(27-29-23(17-30)26(37-27)28(33)34)8-11-24(20)36-14-5-13-35-22-10-7-19(9-12-25(31)32)18(4-2)16-22/h7-8,10-11,15-16,30H,3-6,9,12-14,17H2,1-2H3,(H,31,32)(H,33,34). The van der Waals surface area contributed by atoms with Gasteiger partial charge in [-0.05, 0) is 66.3 Å². The van der Waals surface area contributed by atoms with Gasteiger partial charge < -0.3 is 24.8 Å². The zero-order chi connectivity index (χ0) is 26.8. The summed E-state index contributed by atoms with van der Waals surface area (Å²) in [5.41, 5.74) is 4.12. The van der Waals surface area contributed by atoms with E-state index in [1.807, 2.05) is 43.3 Å². The van der Waals surface area contributed by atoms with Gasteiger partial charge in [0.1, 0.15) is 21.4 Å². The van der Waals surface area contributed by atoms with Crippen molar-refractivity contribution in [1.29, 1.82) is 0 Å². The lowest BCUT2D eigenvalue weighted by molar-refractivity contribution is -0.136. The summed E-state index contributed by atoms with van der Waals surface area (Å²) >= 11 is 1.05. The maximum atomic E-state index is 11.4. The van der Waals surface area contributed by atoms with Crippen molar-refractivity contribution in [3.8, 4) is 22.1 Å². The van der Waals surface area contributed by atoms with E-state index in [-0.39, 0.29) is 17.0 Å². The average molecular weight is 528 g/mol. The lowest BCUT2D eigenvalue weighted by Crippen LogP contribution is -2.07. The number of carbonyl (C=O) groups is 2. The molecule has 8 nitrogen and oxygen atoms in total. The Morgan fingerprint density at radius 2 is 1.73 bits per heavy atom. The highest BCUT2D eigenvalue weighted by atomic mass is 32.1. The van der Waals surface area contributed by atoms with E-state index >= 15 is 0 Å². The second-order valence-electron chi connectivity index (χ2n) is 8.56. The Labute approximate surface area is 220 Å². The van der Waals surface area contributed by atoms with E-state index in [1.165, 1.54) is 0 Å². The highest BCUT2D eigenvalue weighted by Crippen LogP contribution is 2.32. The van der Waals surface area contributed by atoms with Gasteiger partial charge >= 0.3 is 11.9 Å². The third-order valence-electron chi connectivity index (χ3n) is 5.85. The zero-order valence-electron chi connectivity index (χ0n) is 21.2. The Bertz CT molecular complexity index is 1220. The Hall–Kier alpha value is -3.43. The topological polar surface area (TPSA) is 126 Å². The molecule has 198 valence electrons. The van der Waals surface area contributed by atoms with Crippen LogP contribution in [0, 0.1) is 0 Å². The van der Waals surface area contributed by atoms with Gasteiger partial charge in [0.15, 0.2) is 0 Å². The first kappa shape index (κ1) is 28.1. The fourth-order valence-corrected chi connectivity index (χ4v) is 4.91. The zero-order valence-corrected chi connectivity index (χ0v) is 22.0. The van der Waals surface area contributed by atoms with E-state index in [9.17, 15) is 19.8 Å². The third-order valence-corrected chi connectivity index (χ3v) is 6.98. The molecule has 0 spiro atoms. The quantitative estimate of drug-likeness (QED) is 0.225. The monoisotopic (exact) mass is 527 g/mol. The number of aryl methyl sites for hydroxylation is 3. The smallest absolute Gasteiger partial charge is 0.347 e. The number of nitrogens with zero attached hydrogens (tertiary/aromatic N) is 1. The first-order valence-corrected chi connectivity index (χ1v) is 13.2. The lowest BCUT2D eigenvalue weighted by atomic mass is 10.0. The minimum absolute atomic E-state index is 0.0517. The second kappa shape index (κ2) is 13.8. The molecular weight excluding hydrogens is 494 g/mol. The maximum Gasteiger partial charge on any atom is 0.347 e. The SMILES string of the molecule is CCCc1cc(-c2nc(CO)c(C(=O)O)s2)ccc1OCCCOc1ccc(CCC(=O)O)c(CC)c1. The summed E-state index contributed by atoms with van der Waals surface area (Å²) in [6, 6.07) is 11.5. The first-order chi connectivity index (χ1) is 17.9. The number of benzene rings is 2. The number of aliphatic hydroxyl groups is 1. The van der Waals surface area contributed by atoms with Crippen LogP contribution in [0.15, 0.2) is 36.4 Å². The summed E-state index contributed by atoms with van der Waals surface area (Å²) in [4.78, 5) is 26.6. The molecule has 0 aliphatic carbocycles. The molecule has 2 aromatic carbocycles. The van der Waals surface area contributed by atoms with Crippen LogP contribution in [0.5, 0.6) is 11.5 Å². The lowest BCUT2D eigenvalue weighted by Gasteiger charge is -2.14. The van der Waals surface area contributed by atoms with E-state index in [2.05, 4.69) is 11.9 Å². The van der Waals surface area contributed by atoms with Crippen LogP contribution in [0.3, 0.4) is 0 Å². The Balaban J connectivity index is 1.58. The van der Waals surface area contributed by atoms with E-state index in [1.54, 1.807) is 0 Å². The number of aromatic carboxylic acids is 1. The number of rotatable bonds is 15. The predicted molar refractivity (Wildman–Crippen MR) is 142 cm³/mol. The summed E-state index contributed by atoms with van der Waals surface area (Å²) in [7, 11) is 0. The highest BCUT2D eigenvalue weighted by Gasteiger charge is 2.18. The van der Waals surface area contributed by atoms with E-state index in [0.29, 0.717) is 31.1 Å². The summed E-state index contributed by atoms with van der Waals surface area (Å²) in [6.45, 7) is 4.67. The Morgan fingerprint density at radius 1 is 0.946 bits per heavy atom. The van der Waals surface area contributed by atoms with Gasteiger partial charge in [-0.3, -0.25) is 4.79 Å². The van der Waals surface area contributed by atoms with E-state index in [0.717, 1.165) is 64.4 Å². The van der Waals surface area contributed by atoms with Crippen molar-refractivity contribution in [2.45, 2.75) is 59.0 Å². The predicted octanol–water partition coefficient (Wildman–Crippen LogP) is 5.38. The molecule has 37 heavy (non-hydrogen) atoms. The van der Waals surface area contributed by atoms with E-state index < -0.39 is 18.5 Å². The second-order valence-corrected chi connectivity index (χ2v) is 9.56. The van der Waals surface area contributed by atoms with Crippen molar-refractivity contribution in [3.05, 3.63) is 63.7 Å². The number of carboxylic acids is 2. The molecule has 0 radical (unpaired) electrons. The molecule has 0 aliphatic heterocycles. The summed E-state index contributed by atoms with van der Waals surface area (Å²) in [6.07, 6.45) is 3.85. The van der Waals surface area contributed by atoms with Gasteiger partial charge in [-0.25, -0.2) is 9.78 Å². The Morgan fingerprint density at radius 3 is 2.38 bits per heavy atom. The van der Waals surface area contributed by atoms with Crippen molar-refractivity contribution in [2.75, 3.05) is 13.2 Å². The summed E-state index contributed by atoms with van der Waals surface area (Å²) in [5, 5.41) is 28.3. The molecule has 0 unspecified atom stereocenters. The molecule has 3 rings (SSSR count). The van der Waals surface area contributed by atoms with Crippen LogP contribution in [-0.2, 0) is 30.7 Å². The van der Waals surface area contributed by atoms with Gasteiger partial charge in [0, 0.05) is 18.4 Å². The van der Waals surface area contributed by atoms with Crippen LogP contribution in [0.2, 0.25) is 0 Å². The molecule has 1 aromatic heterocycles. The molecule has 0 amide bonds. The molecule has 1 heterocycles. The molecule has 0 bridgehead atoms. The van der Waals surface area contributed by atoms with Crippen molar-refractivity contribution < 1.29 is 34.4 Å². The van der Waals surface area contributed by atoms with Gasteiger partial charge in [-0.1, -0.05) is 26.3 Å². The van der Waals surface area contributed by atoms with Gasteiger partial charge in [0.25, 0.3) is 0 Å². The maximum absolute atomic E-state index is 11.4. The molecule has 0 saturated heterocycles. The molecule has 3 aromatic rings. The number of carboxylic acid groups (broad SMARTS) is 2. The van der Waals surface area contributed by atoms with Crippen molar-refractivity contribution in [3.63, 3.8) is 0 Å². The molecule has 0 aliphatic rings. The van der Waals surface area contributed by atoms with Crippen LogP contribution in [0.4, 0.5) is 0 Å². The van der Waals surface area contributed by atoms with Crippen LogP contribution in [0.25, 0.3) is 10.6 Å². The van der Waals surface area contributed by atoms with Crippen LogP contribution < -0.4 is 9.47 Å². The number of ether oxygens (including phenoxy) is 2. The molecular formula is C28H33NO7S. The Kier molecular flexibility index (Phi) is 10.5. The minimum atomic E-state index is -1.09. The normalized spacial score (nSPS) is 10.9. The molecule has 0 atom stereocenters. The van der Waals surface area contributed by atoms with Crippen LogP contribution in [-0.4, -0.2) is 45.5 Å². The van der Waals surface area contributed by atoms with Crippen LogP contribution in [0.1, 0.15) is 65.2 Å². The molecule has 3 N–H and O–H groups in total. The first-order valence-electron chi connectivity index (χ1n) is 12.4. The molecule has 9 heteroatoms. The number of hydrogen-bond donors (Lipinski definition) is 3. The van der Waals surface area contributed by atoms with Gasteiger partial charge in [0.2, 0.25) is 0 Å². The summed E-state index contributed by atoms with van der Waals surface area (Å²) in [5.74, 6) is -0.355. The summed E-state index contributed by atoms with van der Waals surface area (Å²) < 4.78 is 11.9. The third kappa shape index (κ3) is 7.77. The highest BCUT2D eigenvalue weighted by molar-refractivity contribution is 7.17. The number of aliphatic hydroxyl groups excluding tert-OH is 1. The van der Waals surface area contributed by atoms with Gasteiger partial charge in [-0.15, -0.1) is 11.3 Å². The van der Waals surface area contributed by atoms with E-state index in [4.69, 9.17) is 14.6 Å². The molecule has 0 fully saturated rings. The van der Waals surface area contributed by atoms with Gasteiger partial charge in [-0.2, -0.15) is 0 Å². The number of aliphatic carboxylic acids is 1. The number of hydrogen-bond acceptors (Lipinski definition) is 7. The fraction of sp³-hybridized carbons (Fsp3) is 0.393. The number of aromatic nitrogens is 1. The van der Waals surface area contributed by atoms with Gasteiger partial charge in [0.05, 0.1) is 25.5 Å².